The smallest absolute Gasteiger partial charge is 0.313 e. The summed E-state index contributed by atoms with van der Waals surface area (Å²) in [6.07, 6.45) is 3.45. The maximum atomic E-state index is 12.1. The molecule has 1 heterocycles. The number of carbonyl (C=O) groups is 2. The van der Waals surface area contributed by atoms with Crippen molar-refractivity contribution in [3.05, 3.63) is 30.5 Å². The topological polar surface area (TPSA) is 83.4 Å². The van der Waals surface area contributed by atoms with E-state index >= 15 is 0 Å². The molecule has 1 aromatic heterocycles. The van der Waals surface area contributed by atoms with E-state index in [0.717, 1.165) is 17.3 Å². The molecule has 1 aromatic carbocycles. The lowest BCUT2D eigenvalue weighted by atomic mass is 9.94. The van der Waals surface area contributed by atoms with Crippen molar-refractivity contribution in [1.82, 2.24) is 9.88 Å². The molecule has 6 heteroatoms. The number of carbonyl (C=O) groups excluding carboxylic acids is 2. The number of anilines is 1. The molecular weight excluding hydrogens is 318 g/mol. The molecule has 136 valence electrons. The van der Waals surface area contributed by atoms with Crippen LogP contribution in [0.1, 0.15) is 26.7 Å². The highest BCUT2D eigenvalue weighted by Gasteiger charge is 2.17. The third-order valence-electron chi connectivity index (χ3n) is 4.25. The van der Waals surface area contributed by atoms with E-state index in [2.05, 4.69) is 24.5 Å². The average Bonchev–Trinajstić information content (AvgIpc) is 2.93. The van der Waals surface area contributed by atoms with Crippen LogP contribution < -0.4 is 10.6 Å². The summed E-state index contributed by atoms with van der Waals surface area (Å²) in [5.41, 5.74) is 1.57. The monoisotopic (exact) mass is 345 g/mol. The van der Waals surface area contributed by atoms with E-state index in [1.807, 2.05) is 36.0 Å². The summed E-state index contributed by atoms with van der Waals surface area (Å²) in [6.45, 7) is 4.66. The number of nitrogens with one attached hydrogen (secondary N) is 2. The van der Waals surface area contributed by atoms with Crippen LogP contribution in [-0.4, -0.2) is 34.6 Å². The Bertz CT molecular complexity index is 737. The number of benzene rings is 1. The zero-order chi connectivity index (χ0) is 18.4. The van der Waals surface area contributed by atoms with Gasteiger partial charge in [-0.15, -0.1) is 0 Å². The van der Waals surface area contributed by atoms with Gasteiger partial charge in [0.25, 0.3) is 0 Å². The molecular formula is C19H27N3O3. The molecule has 0 aliphatic carbocycles. The highest BCUT2D eigenvalue weighted by molar-refractivity contribution is 6.39. The quantitative estimate of drug-likeness (QED) is 0.673. The first-order valence-electron chi connectivity index (χ1n) is 8.65. The molecule has 0 spiro atoms. The van der Waals surface area contributed by atoms with Crippen molar-refractivity contribution in [2.24, 2.45) is 18.9 Å². The summed E-state index contributed by atoms with van der Waals surface area (Å²) in [4.78, 5) is 24.1. The minimum atomic E-state index is -0.680. The minimum Gasteiger partial charge on any atom is -0.396 e. The first-order valence-corrected chi connectivity index (χ1v) is 8.65. The first kappa shape index (κ1) is 19.0. The van der Waals surface area contributed by atoms with Crippen LogP contribution in [0, 0.1) is 11.8 Å². The number of aryl methyl sites for hydroxylation is 1. The van der Waals surface area contributed by atoms with Gasteiger partial charge in [-0.05, 0) is 48.3 Å². The fourth-order valence-corrected chi connectivity index (χ4v) is 3.00. The number of aliphatic hydroxyl groups excluding tert-OH is 1. The molecule has 1 atom stereocenters. The van der Waals surface area contributed by atoms with Gasteiger partial charge in [-0.3, -0.25) is 9.59 Å². The van der Waals surface area contributed by atoms with Crippen LogP contribution in [0.4, 0.5) is 5.69 Å². The van der Waals surface area contributed by atoms with E-state index in [-0.39, 0.29) is 12.5 Å². The fourth-order valence-electron chi connectivity index (χ4n) is 3.00. The Hall–Kier alpha value is -2.34. The lowest BCUT2D eigenvalue weighted by molar-refractivity contribution is -0.136. The Kier molecular flexibility index (Phi) is 6.58. The number of aliphatic hydroxyl groups is 1. The van der Waals surface area contributed by atoms with Gasteiger partial charge < -0.3 is 20.3 Å². The molecule has 0 aliphatic heterocycles. The molecule has 2 aromatic rings. The van der Waals surface area contributed by atoms with Crippen LogP contribution in [0.2, 0.25) is 0 Å². The number of rotatable bonds is 7. The van der Waals surface area contributed by atoms with Crippen LogP contribution in [-0.2, 0) is 16.6 Å². The van der Waals surface area contributed by atoms with Crippen LogP contribution in [0.15, 0.2) is 30.5 Å². The van der Waals surface area contributed by atoms with Crippen LogP contribution in [0.25, 0.3) is 10.9 Å². The van der Waals surface area contributed by atoms with Crippen molar-refractivity contribution in [3.63, 3.8) is 0 Å². The van der Waals surface area contributed by atoms with Crippen LogP contribution >= 0.6 is 0 Å². The SMILES string of the molecule is CC(C)CC(CCO)CNC(=O)C(=O)Nc1ccc2ccn(C)c2c1. The van der Waals surface area contributed by atoms with Crippen LogP contribution in [0.3, 0.4) is 0 Å². The second-order valence-electron chi connectivity index (χ2n) is 6.87. The van der Waals surface area contributed by atoms with Gasteiger partial charge in [0, 0.05) is 37.6 Å². The van der Waals surface area contributed by atoms with Crippen molar-refractivity contribution in [3.8, 4) is 0 Å². The Morgan fingerprint density at radius 1 is 1.20 bits per heavy atom. The second-order valence-corrected chi connectivity index (χ2v) is 6.87. The van der Waals surface area contributed by atoms with E-state index in [1.54, 1.807) is 6.07 Å². The van der Waals surface area contributed by atoms with Crippen molar-refractivity contribution in [2.45, 2.75) is 26.7 Å². The molecule has 3 N–H and O–H groups in total. The number of aromatic nitrogens is 1. The number of hydrogen-bond acceptors (Lipinski definition) is 3. The standard InChI is InChI=1S/C19H27N3O3/c1-13(2)10-14(7-9-23)12-20-18(24)19(25)21-16-5-4-15-6-8-22(3)17(15)11-16/h4-6,8,11,13-14,23H,7,9-10,12H2,1-3H3,(H,20,24)(H,21,25). The third-order valence-corrected chi connectivity index (χ3v) is 4.25. The fraction of sp³-hybridized carbons (Fsp3) is 0.474. The zero-order valence-electron chi connectivity index (χ0n) is 15.1. The number of amides is 2. The van der Waals surface area contributed by atoms with Gasteiger partial charge in [0.2, 0.25) is 0 Å². The van der Waals surface area contributed by atoms with E-state index in [9.17, 15) is 9.59 Å². The Balaban J connectivity index is 1.92. The Morgan fingerprint density at radius 2 is 1.96 bits per heavy atom. The average molecular weight is 345 g/mol. The maximum absolute atomic E-state index is 12.1. The molecule has 2 amide bonds. The number of fused-ring (bicyclic) bond motifs is 1. The summed E-state index contributed by atoms with van der Waals surface area (Å²) in [5.74, 6) is -0.694. The second kappa shape index (κ2) is 8.67. The Labute approximate surface area is 148 Å². The Morgan fingerprint density at radius 3 is 2.64 bits per heavy atom. The molecule has 2 rings (SSSR count). The molecule has 25 heavy (non-hydrogen) atoms. The van der Waals surface area contributed by atoms with Crippen molar-refractivity contribution in [1.29, 1.82) is 0 Å². The van der Waals surface area contributed by atoms with Gasteiger partial charge in [0.1, 0.15) is 0 Å². The van der Waals surface area contributed by atoms with Gasteiger partial charge >= 0.3 is 11.8 Å². The summed E-state index contributed by atoms with van der Waals surface area (Å²) in [7, 11) is 1.93. The lowest BCUT2D eigenvalue weighted by Gasteiger charge is -2.18. The first-order chi connectivity index (χ1) is 11.9. The zero-order valence-corrected chi connectivity index (χ0v) is 15.1. The highest BCUT2D eigenvalue weighted by atomic mass is 16.3. The van der Waals surface area contributed by atoms with E-state index < -0.39 is 11.8 Å². The maximum Gasteiger partial charge on any atom is 0.313 e. The van der Waals surface area contributed by atoms with Gasteiger partial charge in [-0.1, -0.05) is 19.9 Å². The molecule has 6 nitrogen and oxygen atoms in total. The predicted molar refractivity (Wildman–Crippen MR) is 99.2 cm³/mol. The molecule has 0 aliphatic rings. The van der Waals surface area contributed by atoms with Gasteiger partial charge in [-0.25, -0.2) is 0 Å². The van der Waals surface area contributed by atoms with E-state index in [1.165, 1.54) is 0 Å². The lowest BCUT2D eigenvalue weighted by Crippen LogP contribution is -2.38. The number of hydrogen-bond donors (Lipinski definition) is 3. The van der Waals surface area contributed by atoms with Gasteiger partial charge in [0.05, 0.1) is 0 Å². The van der Waals surface area contributed by atoms with Crippen molar-refractivity contribution >= 4 is 28.4 Å². The van der Waals surface area contributed by atoms with Crippen molar-refractivity contribution < 1.29 is 14.7 Å². The van der Waals surface area contributed by atoms with E-state index in [4.69, 9.17) is 5.11 Å². The normalized spacial score (nSPS) is 12.4. The van der Waals surface area contributed by atoms with Gasteiger partial charge in [-0.2, -0.15) is 0 Å². The largest absolute Gasteiger partial charge is 0.396 e. The molecule has 0 fully saturated rings. The summed E-state index contributed by atoms with van der Waals surface area (Å²) in [6, 6.07) is 7.51. The van der Waals surface area contributed by atoms with Crippen molar-refractivity contribution in [2.75, 3.05) is 18.5 Å². The summed E-state index contributed by atoms with van der Waals surface area (Å²) < 4.78 is 1.95. The number of nitrogens with zero attached hydrogens (tertiary/aromatic N) is 1. The molecule has 0 radical (unpaired) electrons. The summed E-state index contributed by atoms with van der Waals surface area (Å²) >= 11 is 0. The third kappa shape index (κ3) is 5.32. The minimum absolute atomic E-state index is 0.0795. The molecule has 0 saturated carbocycles. The van der Waals surface area contributed by atoms with Gasteiger partial charge in [0.15, 0.2) is 0 Å². The van der Waals surface area contributed by atoms with E-state index in [0.29, 0.717) is 24.6 Å². The predicted octanol–water partition coefficient (Wildman–Crippen LogP) is 2.28. The highest BCUT2D eigenvalue weighted by Crippen LogP contribution is 2.19. The molecule has 0 bridgehead atoms. The molecule has 1 unspecified atom stereocenters. The summed E-state index contributed by atoms with van der Waals surface area (Å²) in [5, 5.41) is 15.5. The van der Waals surface area contributed by atoms with Crippen LogP contribution in [0.5, 0.6) is 0 Å². The molecule has 0 saturated heterocycles.